The van der Waals surface area contributed by atoms with Gasteiger partial charge >= 0.3 is 0 Å². The molecule has 0 aliphatic carbocycles. The summed E-state index contributed by atoms with van der Waals surface area (Å²) in [6, 6.07) is 3.75. The summed E-state index contributed by atoms with van der Waals surface area (Å²) < 4.78 is 5.38. The largest absolute Gasteiger partial charge is 0.464 e. The lowest BCUT2D eigenvalue weighted by Gasteiger charge is -2.17. The van der Waals surface area contributed by atoms with Crippen molar-refractivity contribution in [3.05, 3.63) is 23.7 Å². The van der Waals surface area contributed by atoms with Crippen molar-refractivity contribution in [2.75, 3.05) is 0 Å². The third-order valence-corrected chi connectivity index (χ3v) is 2.55. The summed E-state index contributed by atoms with van der Waals surface area (Å²) in [6.45, 7) is 6.07. The quantitative estimate of drug-likeness (QED) is 0.776. The Bertz CT molecular complexity index is 248. The molecule has 0 amide bonds. The van der Waals surface area contributed by atoms with Crippen LogP contribution >= 0.6 is 0 Å². The van der Waals surface area contributed by atoms with Crippen molar-refractivity contribution in [1.82, 2.24) is 0 Å². The van der Waals surface area contributed by atoms with E-state index in [4.69, 9.17) is 4.42 Å². The maximum atomic E-state index is 9.90. The van der Waals surface area contributed by atoms with Crippen molar-refractivity contribution in [2.45, 2.75) is 39.7 Å². The van der Waals surface area contributed by atoms with E-state index in [2.05, 4.69) is 13.8 Å². The zero-order valence-corrected chi connectivity index (χ0v) is 8.58. The van der Waals surface area contributed by atoms with Crippen molar-refractivity contribution < 1.29 is 9.52 Å². The van der Waals surface area contributed by atoms with Gasteiger partial charge in [0.1, 0.15) is 17.6 Å². The zero-order valence-electron chi connectivity index (χ0n) is 8.58. The first-order chi connectivity index (χ1) is 6.19. The fraction of sp³-hybridized carbons (Fsp3) is 0.636. The third kappa shape index (κ3) is 2.34. The van der Waals surface area contributed by atoms with Gasteiger partial charge in [0.15, 0.2) is 0 Å². The lowest BCUT2D eigenvalue weighted by Crippen LogP contribution is -2.09. The highest BCUT2D eigenvalue weighted by Gasteiger charge is 2.19. The average molecular weight is 182 g/mol. The standard InChI is InChI=1S/C11H18O2/c1-4-9(5-2)11(12)10-7-6-8(3)13-10/h6-7,9,11-12H,4-5H2,1-3H3. The number of aliphatic hydroxyl groups is 1. The van der Waals surface area contributed by atoms with Gasteiger partial charge in [0, 0.05) is 0 Å². The van der Waals surface area contributed by atoms with Crippen LogP contribution in [0.4, 0.5) is 0 Å². The molecular weight excluding hydrogens is 164 g/mol. The van der Waals surface area contributed by atoms with E-state index in [1.165, 1.54) is 0 Å². The Kier molecular flexibility index (Phi) is 3.55. The van der Waals surface area contributed by atoms with Crippen LogP contribution in [0, 0.1) is 12.8 Å². The molecule has 1 rings (SSSR count). The van der Waals surface area contributed by atoms with Gasteiger partial charge < -0.3 is 9.52 Å². The van der Waals surface area contributed by atoms with Crippen molar-refractivity contribution in [3.63, 3.8) is 0 Å². The molecule has 0 saturated heterocycles. The minimum absolute atomic E-state index is 0.311. The maximum Gasteiger partial charge on any atom is 0.132 e. The first-order valence-electron chi connectivity index (χ1n) is 4.93. The summed E-state index contributed by atoms with van der Waals surface area (Å²) in [5.74, 6) is 1.87. The Morgan fingerprint density at radius 2 is 1.92 bits per heavy atom. The minimum Gasteiger partial charge on any atom is -0.464 e. The van der Waals surface area contributed by atoms with Gasteiger partial charge in [-0.25, -0.2) is 0 Å². The molecule has 1 aromatic rings. The molecule has 0 bridgehead atoms. The molecule has 0 fully saturated rings. The second-order valence-electron chi connectivity index (χ2n) is 3.47. The molecule has 2 heteroatoms. The first-order valence-corrected chi connectivity index (χ1v) is 4.93. The van der Waals surface area contributed by atoms with Crippen molar-refractivity contribution >= 4 is 0 Å². The Morgan fingerprint density at radius 3 is 2.31 bits per heavy atom. The predicted octanol–water partition coefficient (Wildman–Crippen LogP) is 3.06. The van der Waals surface area contributed by atoms with E-state index in [1.807, 2.05) is 19.1 Å². The highest BCUT2D eigenvalue weighted by molar-refractivity contribution is 5.08. The minimum atomic E-state index is -0.441. The van der Waals surface area contributed by atoms with Crippen LogP contribution in [0.25, 0.3) is 0 Å². The normalized spacial score (nSPS) is 13.6. The van der Waals surface area contributed by atoms with Gasteiger partial charge in [-0.15, -0.1) is 0 Å². The lowest BCUT2D eigenvalue weighted by atomic mass is 9.95. The van der Waals surface area contributed by atoms with Crippen molar-refractivity contribution in [2.24, 2.45) is 5.92 Å². The lowest BCUT2D eigenvalue weighted by molar-refractivity contribution is 0.0805. The van der Waals surface area contributed by atoms with Crippen LogP contribution < -0.4 is 0 Å². The van der Waals surface area contributed by atoms with Crippen LogP contribution in [0.5, 0.6) is 0 Å². The SMILES string of the molecule is CCC(CC)C(O)c1ccc(C)o1. The maximum absolute atomic E-state index is 9.90. The molecular formula is C11H18O2. The van der Waals surface area contributed by atoms with Gasteiger partial charge in [-0.05, 0) is 25.0 Å². The first kappa shape index (κ1) is 10.3. The molecule has 0 aromatic carbocycles. The predicted molar refractivity (Wildman–Crippen MR) is 52.5 cm³/mol. The molecule has 2 nitrogen and oxygen atoms in total. The second-order valence-corrected chi connectivity index (χ2v) is 3.47. The van der Waals surface area contributed by atoms with Gasteiger partial charge in [-0.3, -0.25) is 0 Å². The Balaban J connectivity index is 2.71. The van der Waals surface area contributed by atoms with E-state index >= 15 is 0 Å². The molecule has 0 aliphatic rings. The van der Waals surface area contributed by atoms with Crippen LogP contribution in [0.2, 0.25) is 0 Å². The fourth-order valence-corrected chi connectivity index (χ4v) is 1.58. The summed E-state index contributed by atoms with van der Waals surface area (Å²) in [7, 11) is 0. The van der Waals surface area contributed by atoms with E-state index in [0.717, 1.165) is 18.6 Å². The number of hydrogen-bond donors (Lipinski definition) is 1. The molecule has 0 aliphatic heterocycles. The topological polar surface area (TPSA) is 33.4 Å². The monoisotopic (exact) mass is 182 g/mol. The molecule has 1 unspecified atom stereocenters. The van der Waals surface area contributed by atoms with E-state index in [1.54, 1.807) is 0 Å². The highest BCUT2D eigenvalue weighted by atomic mass is 16.4. The summed E-state index contributed by atoms with van der Waals surface area (Å²) in [5.41, 5.74) is 0. The Labute approximate surface area is 79.6 Å². The average Bonchev–Trinajstić information content (AvgIpc) is 2.54. The smallest absolute Gasteiger partial charge is 0.132 e. The molecule has 1 atom stereocenters. The molecule has 1 N–H and O–H groups in total. The third-order valence-electron chi connectivity index (χ3n) is 2.55. The van der Waals surface area contributed by atoms with E-state index in [9.17, 15) is 5.11 Å². The molecule has 13 heavy (non-hydrogen) atoms. The van der Waals surface area contributed by atoms with Gasteiger partial charge in [0.2, 0.25) is 0 Å². The van der Waals surface area contributed by atoms with Crippen molar-refractivity contribution in [3.8, 4) is 0 Å². The van der Waals surface area contributed by atoms with Crippen molar-refractivity contribution in [1.29, 1.82) is 0 Å². The number of furan rings is 1. The molecule has 0 radical (unpaired) electrons. The summed E-state index contributed by atoms with van der Waals surface area (Å²) in [6.07, 6.45) is 1.53. The van der Waals surface area contributed by atoms with E-state index in [-0.39, 0.29) is 0 Å². The Morgan fingerprint density at radius 1 is 1.31 bits per heavy atom. The molecule has 1 aromatic heterocycles. The van der Waals surface area contributed by atoms with Crippen LogP contribution in [0.15, 0.2) is 16.5 Å². The second kappa shape index (κ2) is 4.47. The van der Waals surface area contributed by atoms with Gasteiger partial charge in [0.05, 0.1) is 0 Å². The summed E-state index contributed by atoms with van der Waals surface area (Å²) in [5, 5.41) is 9.90. The summed E-state index contributed by atoms with van der Waals surface area (Å²) in [4.78, 5) is 0. The Hall–Kier alpha value is -0.760. The van der Waals surface area contributed by atoms with Gasteiger partial charge in [-0.1, -0.05) is 26.7 Å². The number of aryl methyl sites for hydroxylation is 1. The van der Waals surface area contributed by atoms with Crippen LogP contribution in [0.1, 0.15) is 44.3 Å². The number of rotatable bonds is 4. The van der Waals surface area contributed by atoms with Crippen LogP contribution in [-0.4, -0.2) is 5.11 Å². The molecule has 0 saturated carbocycles. The van der Waals surface area contributed by atoms with Crippen LogP contribution in [0.3, 0.4) is 0 Å². The zero-order chi connectivity index (χ0) is 9.84. The van der Waals surface area contributed by atoms with Gasteiger partial charge in [-0.2, -0.15) is 0 Å². The molecule has 0 spiro atoms. The highest BCUT2D eigenvalue weighted by Crippen LogP contribution is 2.28. The number of aliphatic hydroxyl groups excluding tert-OH is 1. The molecule has 74 valence electrons. The molecule has 1 heterocycles. The van der Waals surface area contributed by atoms with E-state index < -0.39 is 6.10 Å². The van der Waals surface area contributed by atoms with E-state index in [0.29, 0.717) is 11.7 Å². The fourth-order valence-electron chi connectivity index (χ4n) is 1.58. The number of hydrogen-bond acceptors (Lipinski definition) is 2. The van der Waals surface area contributed by atoms with Gasteiger partial charge in [0.25, 0.3) is 0 Å². The van der Waals surface area contributed by atoms with Crippen LogP contribution in [-0.2, 0) is 0 Å². The summed E-state index contributed by atoms with van der Waals surface area (Å²) >= 11 is 0.